The minimum Gasteiger partial charge on any atom is -0.480 e. The number of carboxylic acid groups (broad SMARTS) is 1. The van der Waals surface area contributed by atoms with E-state index >= 15 is 0 Å². The number of aliphatic carboxylic acids is 1. The Morgan fingerprint density at radius 2 is 1.85 bits per heavy atom. The van der Waals surface area contributed by atoms with Crippen LogP contribution in [-0.2, 0) is 32.1 Å². The molecule has 2 N–H and O–H groups in total. The third-order valence-electron chi connectivity index (χ3n) is 2.49. The van der Waals surface area contributed by atoms with Gasteiger partial charge < -0.3 is 14.2 Å². The molecule has 0 saturated heterocycles. The SMILES string of the molecule is CCOP(=S)(N[C@@H](Cc1ccccc1)C(=O)O)OCC. The molecule has 0 aliphatic rings. The van der Waals surface area contributed by atoms with Gasteiger partial charge in [0.2, 0.25) is 0 Å². The molecule has 0 aliphatic heterocycles. The molecule has 0 aromatic heterocycles. The number of hydrogen-bond acceptors (Lipinski definition) is 4. The third-order valence-corrected chi connectivity index (χ3v) is 5.27. The van der Waals surface area contributed by atoms with E-state index in [4.69, 9.17) is 20.9 Å². The van der Waals surface area contributed by atoms with Crippen LogP contribution in [-0.4, -0.2) is 30.3 Å². The summed E-state index contributed by atoms with van der Waals surface area (Å²) in [5.41, 5.74) is 0.918. The van der Waals surface area contributed by atoms with Crippen molar-refractivity contribution >= 4 is 24.4 Å². The van der Waals surface area contributed by atoms with Crippen molar-refractivity contribution in [2.45, 2.75) is 26.3 Å². The standard InChI is InChI=1S/C13H20NO4PS/c1-3-17-19(20,18-4-2)14-12(13(15)16)10-11-8-6-5-7-9-11/h5-9,12H,3-4,10H2,1-2H3,(H,14,20)(H,15,16)/t12-/m0/s1. The molecule has 0 unspecified atom stereocenters. The maximum atomic E-state index is 11.4. The highest BCUT2D eigenvalue weighted by Gasteiger charge is 2.27. The Balaban J connectivity index is 2.80. The Labute approximate surface area is 124 Å². The molecule has 0 saturated carbocycles. The van der Waals surface area contributed by atoms with Gasteiger partial charge >= 0.3 is 5.97 Å². The number of carboxylic acids is 1. The molecule has 0 aliphatic carbocycles. The van der Waals surface area contributed by atoms with Crippen molar-refractivity contribution in [1.82, 2.24) is 5.09 Å². The van der Waals surface area contributed by atoms with Crippen LogP contribution in [0.3, 0.4) is 0 Å². The normalized spacial score (nSPS) is 13.1. The van der Waals surface area contributed by atoms with E-state index in [0.717, 1.165) is 5.56 Å². The zero-order valence-corrected chi connectivity index (χ0v) is 13.3. The molecule has 0 amide bonds. The van der Waals surface area contributed by atoms with Crippen molar-refractivity contribution < 1.29 is 18.9 Å². The minimum atomic E-state index is -2.76. The van der Waals surface area contributed by atoms with Crippen LogP contribution in [0.25, 0.3) is 0 Å². The first kappa shape index (κ1) is 17.3. The van der Waals surface area contributed by atoms with Crippen LogP contribution in [0.5, 0.6) is 0 Å². The van der Waals surface area contributed by atoms with Gasteiger partial charge in [-0.05, 0) is 37.6 Å². The molecular formula is C13H20NO4PS. The number of nitrogens with one attached hydrogen (secondary N) is 1. The lowest BCUT2D eigenvalue weighted by molar-refractivity contribution is -0.139. The lowest BCUT2D eigenvalue weighted by Gasteiger charge is -2.25. The Bertz CT molecular complexity index is 459. The molecule has 0 spiro atoms. The van der Waals surface area contributed by atoms with Gasteiger partial charge in [-0.15, -0.1) is 0 Å². The van der Waals surface area contributed by atoms with E-state index in [0.29, 0.717) is 19.6 Å². The monoisotopic (exact) mass is 317 g/mol. The molecule has 0 bridgehead atoms. The van der Waals surface area contributed by atoms with E-state index < -0.39 is 18.7 Å². The van der Waals surface area contributed by atoms with Gasteiger partial charge in [-0.3, -0.25) is 4.79 Å². The van der Waals surface area contributed by atoms with E-state index in [-0.39, 0.29) is 0 Å². The summed E-state index contributed by atoms with van der Waals surface area (Å²) >= 11 is 5.30. The minimum absolute atomic E-state index is 0.328. The summed E-state index contributed by atoms with van der Waals surface area (Å²) in [6.07, 6.45) is 0.328. The average Bonchev–Trinajstić information content (AvgIpc) is 2.39. The van der Waals surface area contributed by atoms with Crippen LogP contribution < -0.4 is 5.09 Å². The highest BCUT2D eigenvalue weighted by atomic mass is 32.5. The van der Waals surface area contributed by atoms with Gasteiger partial charge in [-0.1, -0.05) is 30.3 Å². The van der Waals surface area contributed by atoms with Crippen LogP contribution in [0, 0.1) is 0 Å². The Hall–Kier alpha value is -0.780. The molecule has 112 valence electrons. The largest absolute Gasteiger partial charge is 0.480 e. The summed E-state index contributed by atoms with van der Waals surface area (Å²) in [6.45, 7) is 1.59. The molecule has 1 rings (SSSR count). The smallest absolute Gasteiger partial charge is 0.321 e. The van der Waals surface area contributed by atoms with Crippen molar-refractivity contribution in [2.24, 2.45) is 0 Å². The van der Waals surface area contributed by atoms with Crippen molar-refractivity contribution in [1.29, 1.82) is 0 Å². The molecule has 0 fully saturated rings. The van der Waals surface area contributed by atoms with E-state index in [1.165, 1.54) is 0 Å². The Kier molecular flexibility index (Phi) is 7.34. The van der Waals surface area contributed by atoms with Gasteiger partial charge in [0.05, 0.1) is 13.2 Å². The van der Waals surface area contributed by atoms with E-state index in [2.05, 4.69) is 5.09 Å². The van der Waals surface area contributed by atoms with Crippen LogP contribution in [0.4, 0.5) is 0 Å². The van der Waals surface area contributed by atoms with Gasteiger partial charge in [0.25, 0.3) is 6.64 Å². The van der Waals surface area contributed by atoms with Gasteiger partial charge in [0.1, 0.15) is 6.04 Å². The van der Waals surface area contributed by atoms with Gasteiger partial charge in [0.15, 0.2) is 0 Å². The Morgan fingerprint density at radius 1 is 1.30 bits per heavy atom. The average molecular weight is 317 g/mol. The third kappa shape index (κ3) is 5.69. The fourth-order valence-electron chi connectivity index (χ4n) is 1.68. The zero-order valence-electron chi connectivity index (χ0n) is 11.6. The zero-order chi connectivity index (χ0) is 15.0. The second kappa shape index (κ2) is 8.49. The predicted octanol–water partition coefficient (Wildman–Crippen LogP) is 2.57. The van der Waals surface area contributed by atoms with E-state index in [1.807, 2.05) is 30.3 Å². The second-order valence-corrected chi connectivity index (χ2v) is 7.25. The highest BCUT2D eigenvalue weighted by molar-refractivity contribution is 8.09. The van der Waals surface area contributed by atoms with Gasteiger partial charge in [-0.2, -0.15) is 0 Å². The van der Waals surface area contributed by atoms with Crippen molar-refractivity contribution in [3.63, 3.8) is 0 Å². The number of benzene rings is 1. The summed E-state index contributed by atoms with van der Waals surface area (Å²) < 4.78 is 10.8. The molecule has 0 radical (unpaired) electrons. The molecule has 5 nitrogen and oxygen atoms in total. The first-order valence-electron chi connectivity index (χ1n) is 6.44. The number of carbonyl (C=O) groups is 1. The van der Waals surface area contributed by atoms with Crippen molar-refractivity contribution in [2.75, 3.05) is 13.2 Å². The summed E-state index contributed by atoms with van der Waals surface area (Å²) in [4.78, 5) is 11.4. The van der Waals surface area contributed by atoms with Gasteiger partial charge in [-0.25, -0.2) is 5.09 Å². The van der Waals surface area contributed by atoms with Crippen LogP contribution in [0.1, 0.15) is 19.4 Å². The maximum Gasteiger partial charge on any atom is 0.321 e. The quantitative estimate of drug-likeness (QED) is 0.682. The lowest BCUT2D eigenvalue weighted by Crippen LogP contribution is -2.37. The summed E-state index contributed by atoms with van der Waals surface area (Å²) in [6, 6.07) is 8.55. The Morgan fingerprint density at radius 3 is 2.30 bits per heavy atom. The first-order chi connectivity index (χ1) is 9.50. The maximum absolute atomic E-state index is 11.4. The fraction of sp³-hybridized carbons (Fsp3) is 0.462. The summed E-state index contributed by atoms with van der Waals surface area (Å²) in [5, 5.41) is 12.2. The summed E-state index contributed by atoms with van der Waals surface area (Å²) in [5.74, 6) is -0.970. The molecular weight excluding hydrogens is 297 g/mol. The molecule has 20 heavy (non-hydrogen) atoms. The lowest BCUT2D eigenvalue weighted by atomic mass is 10.1. The van der Waals surface area contributed by atoms with Crippen molar-refractivity contribution in [3.8, 4) is 0 Å². The molecule has 1 aromatic carbocycles. The topological polar surface area (TPSA) is 67.8 Å². The van der Waals surface area contributed by atoms with Crippen molar-refractivity contribution in [3.05, 3.63) is 35.9 Å². The predicted molar refractivity (Wildman–Crippen MR) is 82.2 cm³/mol. The highest BCUT2D eigenvalue weighted by Crippen LogP contribution is 2.44. The molecule has 1 aromatic rings. The van der Waals surface area contributed by atoms with E-state index in [1.54, 1.807) is 13.8 Å². The second-order valence-electron chi connectivity index (χ2n) is 4.04. The van der Waals surface area contributed by atoms with E-state index in [9.17, 15) is 9.90 Å². The van der Waals surface area contributed by atoms with Crippen LogP contribution >= 0.6 is 6.64 Å². The summed E-state index contributed by atoms with van der Waals surface area (Å²) in [7, 11) is 0. The van der Waals surface area contributed by atoms with Gasteiger partial charge in [0, 0.05) is 0 Å². The molecule has 1 atom stereocenters. The fourth-order valence-corrected chi connectivity index (χ4v) is 4.18. The van der Waals surface area contributed by atoms with Crippen LogP contribution in [0.15, 0.2) is 30.3 Å². The molecule has 0 heterocycles. The number of rotatable bonds is 9. The van der Waals surface area contributed by atoms with Crippen LogP contribution in [0.2, 0.25) is 0 Å². The first-order valence-corrected chi connectivity index (χ1v) is 9.08. The number of hydrogen-bond donors (Lipinski definition) is 2. The molecule has 7 heteroatoms.